The lowest BCUT2D eigenvalue weighted by Gasteiger charge is -2.36. The monoisotopic (exact) mass is 216 g/mol. The highest BCUT2D eigenvalue weighted by molar-refractivity contribution is 4.82. The smallest absolute Gasteiger partial charge is 0.0443 e. The first-order chi connectivity index (χ1) is 6.97. The molecular formula is C12H28N2O. The Bertz CT molecular complexity index is 160. The Hall–Kier alpha value is -0.120. The molecule has 1 unspecified atom stereocenters. The molecule has 0 saturated heterocycles. The molecular weight excluding hydrogens is 188 g/mol. The molecule has 0 amide bonds. The first-order valence-electron chi connectivity index (χ1n) is 5.98. The molecule has 0 spiro atoms. The van der Waals surface area contributed by atoms with Crippen LogP contribution in [-0.4, -0.2) is 49.3 Å². The van der Waals surface area contributed by atoms with Crippen LogP contribution in [0.15, 0.2) is 0 Å². The van der Waals surface area contributed by atoms with E-state index in [4.69, 9.17) is 5.11 Å². The molecule has 0 aliphatic heterocycles. The highest BCUT2D eigenvalue weighted by Gasteiger charge is 2.26. The van der Waals surface area contributed by atoms with Gasteiger partial charge in [0, 0.05) is 25.7 Å². The van der Waals surface area contributed by atoms with Crippen molar-refractivity contribution in [1.29, 1.82) is 0 Å². The minimum absolute atomic E-state index is 0.264. The maximum atomic E-state index is 8.83. The maximum absolute atomic E-state index is 8.83. The van der Waals surface area contributed by atoms with E-state index in [0.717, 1.165) is 26.1 Å². The second-order valence-electron chi connectivity index (χ2n) is 4.94. The van der Waals surface area contributed by atoms with E-state index in [9.17, 15) is 0 Å². The summed E-state index contributed by atoms with van der Waals surface area (Å²) in [7, 11) is 2.01. The van der Waals surface area contributed by atoms with Crippen LogP contribution in [0.5, 0.6) is 0 Å². The molecule has 3 heteroatoms. The Labute approximate surface area is 94.9 Å². The minimum atomic E-state index is 0.264. The Morgan fingerprint density at radius 1 is 1.40 bits per heavy atom. The number of rotatable bonds is 8. The number of aliphatic hydroxyl groups is 1. The third kappa shape index (κ3) is 5.50. The molecule has 0 radical (unpaired) electrons. The molecule has 2 N–H and O–H groups in total. The molecule has 0 aromatic rings. The van der Waals surface area contributed by atoms with Crippen molar-refractivity contribution in [1.82, 2.24) is 10.2 Å². The summed E-state index contributed by atoms with van der Waals surface area (Å²) in [6.07, 6.45) is 0.873. The van der Waals surface area contributed by atoms with Crippen molar-refractivity contribution in [3.8, 4) is 0 Å². The lowest BCUT2D eigenvalue weighted by molar-refractivity contribution is 0.141. The molecule has 0 heterocycles. The summed E-state index contributed by atoms with van der Waals surface area (Å²) >= 11 is 0. The molecule has 0 aliphatic carbocycles. The number of hydrogen-bond donors (Lipinski definition) is 2. The SMILES string of the molecule is CCN(CCCO)CC(C)(C)C(C)NC. The molecule has 0 bridgehead atoms. The number of nitrogens with one attached hydrogen (secondary N) is 1. The van der Waals surface area contributed by atoms with Gasteiger partial charge in [-0.2, -0.15) is 0 Å². The summed E-state index contributed by atoms with van der Waals surface area (Å²) < 4.78 is 0. The Morgan fingerprint density at radius 3 is 2.40 bits per heavy atom. The molecule has 0 saturated carbocycles. The summed E-state index contributed by atoms with van der Waals surface area (Å²) in [5.41, 5.74) is 0.264. The van der Waals surface area contributed by atoms with E-state index in [-0.39, 0.29) is 5.41 Å². The van der Waals surface area contributed by atoms with E-state index in [1.807, 2.05) is 7.05 Å². The topological polar surface area (TPSA) is 35.5 Å². The largest absolute Gasteiger partial charge is 0.396 e. The zero-order valence-electron chi connectivity index (χ0n) is 11.0. The van der Waals surface area contributed by atoms with Gasteiger partial charge >= 0.3 is 0 Å². The van der Waals surface area contributed by atoms with Crippen LogP contribution >= 0.6 is 0 Å². The molecule has 92 valence electrons. The number of hydrogen-bond acceptors (Lipinski definition) is 3. The van der Waals surface area contributed by atoms with Crippen molar-refractivity contribution in [2.24, 2.45) is 5.41 Å². The van der Waals surface area contributed by atoms with Crippen LogP contribution in [-0.2, 0) is 0 Å². The Kier molecular flexibility index (Phi) is 7.14. The van der Waals surface area contributed by atoms with Crippen LogP contribution in [0.25, 0.3) is 0 Å². The van der Waals surface area contributed by atoms with Crippen molar-refractivity contribution in [3.05, 3.63) is 0 Å². The van der Waals surface area contributed by atoms with Crippen LogP contribution < -0.4 is 5.32 Å². The lowest BCUT2D eigenvalue weighted by Crippen LogP contribution is -2.45. The van der Waals surface area contributed by atoms with Gasteiger partial charge < -0.3 is 15.3 Å². The van der Waals surface area contributed by atoms with Gasteiger partial charge in [0.1, 0.15) is 0 Å². The summed E-state index contributed by atoms with van der Waals surface area (Å²) in [4.78, 5) is 2.41. The van der Waals surface area contributed by atoms with Gasteiger partial charge in [0.25, 0.3) is 0 Å². The Morgan fingerprint density at radius 2 is 2.00 bits per heavy atom. The van der Waals surface area contributed by atoms with E-state index in [2.05, 4.69) is 37.9 Å². The number of nitrogens with zero attached hydrogens (tertiary/aromatic N) is 1. The summed E-state index contributed by atoms with van der Waals surface area (Å²) in [5.74, 6) is 0. The summed E-state index contributed by atoms with van der Waals surface area (Å²) in [5, 5.41) is 12.1. The molecule has 1 atom stereocenters. The molecule has 3 nitrogen and oxygen atoms in total. The second kappa shape index (κ2) is 7.20. The lowest BCUT2D eigenvalue weighted by atomic mass is 9.85. The second-order valence-corrected chi connectivity index (χ2v) is 4.94. The fourth-order valence-corrected chi connectivity index (χ4v) is 1.75. The predicted molar refractivity (Wildman–Crippen MR) is 66.1 cm³/mol. The average Bonchev–Trinajstić information content (AvgIpc) is 2.22. The van der Waals surface area contributed by atoms with Crippen LogP contribution in [0.2, 0.25) is 0 Å². The van der Waals surface area contributed by atoms with E-state index in [1.54, 1.807) is 0 Å². The number of aliphatic hydroxyl groups excluding tert-OH is 1. The maximum Gasteiger partial charge on any atom is 0.0443 e. The zero-order valence-corrected chi connectivity index (χ0v) is 11.0. The first-order valence-corrected chi connectivity index (χ1v) is 5.98. The quantitative estimate of drug-likeness (QED) is 0.642. The molecule has 15 heavy (non-hydrogen) atoms. The minimum Gasteiger partial charge on any atom is -0.396 e. The van der Waals surface area contributed by atoms with Gasteiger partial charge in [-0.15, -0.1) is 0 Å². The normalized spacial score (nSPS) is 14.6. The van der Waals surface area contributed by atoms with Crippen LogP contribution in [0.1, 0.15) is 34.1 Å². The van der Waals surface area contributed by atoms with Crippen molar-refractivity contribution < 1.29 is 5.11 Å². The van der Waals surface area contributed by atoms with Gasteiger partial charge in [-0.3, -0.25) is 0 Å². The van der Waals surface area contributed by atoms with Crippen molar-refractivity contribution >= 4 is 0 Å². The summed E-state index contributed by atoms with van der Waals surface area (Å²) in [6.45, 7) is 12.4. The van der Waals surface area contributed by atoms with Gasteiger partial charge in [0.15, 0.2) is 0 Å². The zero-order chi connectivity index (χ0) is 11.9. The van der Waals surface area contributed by atoms with Crippen molar-refractivity contribution in [3.63, 3.8) is 0 Å². The van der Waals surface area contributed by atoms with E-state index >= 15 is 0 Å². The van der Waals surface area contributed by atoms with Gasteiger partial charge in [0.2, 0.25) is 0 Å². The molecule has 0 aromatic heterocycles. The van der Waals surface area contributed by atoms with Crippen molar-refractivity contribution in [2.45, 2.75) is 40.2 Å². The molecule has 0 aromatic carbocycles. The summed E-state index contributed by atoms with van der Waals surface area (Å²) in [6, 6.07) is 0.501. The average molecular weight is 216 g/mol. The molecule has 0 fully saturated rings. The van der Waals surface area contributed by atoms with Crippen LogP contribution in [0.4, 0.5) is 0 Å². The van der Waals surface area contributed by atoms with Crippen molar-refractivity contribution in [2.75, 3.05) is 33.3 Å². The molecule has 0 aliphatic rings. The third-order valence-corrected chi connectivity index (χ3v) is 3.32. The highest BCUT2D eigenvalue weighted by atomic mass is 16.3. The Balaban J connectivity index is 4.13. The third-order valence-electron chi connectivity index (χ3n) is 3.32. The van der Waals surface area contributed by atoms with Gasteiger partial charge in [-0.05, 0) is 32.4 Å². The van der Waals surface area contributed by atoms with Gasteiger partial charge in [0.05, 0.1) is 0 Å². The van der Waals surface area contributed by atoms with E-state index < -0.39 is 0 Å². The predicted octanol–water partition coefficient (Wildman–Crippen LogP) is 1.32. The van der Waals surface area contributed by atoms with Gasteiger partial charge in [-0.25, -0.2) is 0 Å². The fraction of sp³-hybridized carbons (Fsp3) is 1.00. The highest BCUT2D eigenvalue weighted by Crippen LogP contribution is 2.21. The fourth-order valence-electron chi connectivity index (χ4n) is 1.75. The standard InChI is InChI=1S/C12H28N2O/c1-6-14(8-7-9-15)10-12(3,4)11(2)13-5/h11,13,15H,6-10H2,1-5H3. The van der Waals surface area contributed by atoms with E-state index in [0.29, 0.717) is 12.6 Å². The van der Waals surface area contributed by atoms with Gasteiger partial charge in [-0.1, -0.05) is 20.8 Å². The van der Waals surface area contributed by atoms with Crippen LogP contribution in [0, 0.1) is 5.41 Å². The van der Waals surface area contributed by atoms with E-state index in [1.165, 1.54) is 0 Å². The van der Waals surface area contributed by atoms with Crippen LogP contribution in [0.3, 0.4) is 0 Å². The first kappa shape index (κ1) is 14.9. The molecule has 0 rings (SSSR count).